The van der Waals surface area contributed by atoms with Crippen molar-refractivity contribution in [3.63, 3.8) is 0 Å². The topological polar surface area (TPSA) is 42.3 Å². The van der Waals surface area contributed by atoms with Crippen molar-refractivity contribution in [2.24, 2.45) is 0 Å². The summed E-state index contributed by atoms with van der Waals surface area (Å²) in [6.45, 7) is 6.28. The molecule has 92 valence electrons. The van der Waals surface area contributed by atoms with Crippen molar-refractivity contribution in [2.45, 2.75) is 31.8 Å². The highest BCUT2D eigenvalue weighted by atomic mass is 15.2. The maximum Gasteiger partial charge on any atom is 0.0965 e. The second-order valence-electron chi connectivity index (χ2n) is 4.73. The van der Waals surface area contributed by atoms with Crippen LogP contribution in [-0.4, -0.2) is 62.2 Å². The van der Waals surface area contributed by atoms with E-state index in [9.17, 15) is 0 Å². The minimum atomic E-state index is 0.0170. The fourth-order valence-corrected chi connectivity index (χ4v) is 2.21. The lowest BCUT2D eigenvalue weighted by molar-refractivity contribution is 0.263. The normalized spacial score (nSPS) is 23.6. The van der Waals surface area contributed by atoms with Gasteiger partial charge in [-0.15, -0.1) is 0 Å². The fraction of sp³-hybridized carbons (Fsp3) is 0.917. The molecule has 0 aromatic heterocycles. The third kappa shape index (κ3) is 4.09. The summed E-state index contributed by atoms with van der Waals surface area (Å²) in [5.41, 5.74) is 0. The van der Waals surface area contributed by atoms with Gasteiger partial charge in [-0.25, -0.2) is 0 Å². The van der Waals surface area contributed by atoms with Gasteiger partial charge in [0, 0.05) is 19.1 Å². The molecule has 2 atom stereocenters. The summed E-state index contributed by atoms with van der Waals surface area (Å²) in [4.78, 5) is 4.76. The smallest absolute Gasteiger partial charge is 0.0965 e. The Kier molecular flexibility index (Phi) is 5.75. The number of rotatable bonds is 6. The summed E-state index contributed by atoms with van der Waals surface area (Å²) < 4.78 is 0. The summed E-state index contributed by atoms with van der Waals surface area (Å²) >= 11 is 0. The standard InChI is InChI=1S/C12H24N4/c1-4-14-11(9-13)5-7-16-8-6-12(10-16)15(2)3/h11-12,14H,4-8,10H2,1-3H3. The van der Waals surface area contributed by atoms with Crippen molar-refractivity contribution in [3.05, 3.63) is 0 Å². The van der Waals surface area contributed by atoms with Gasteiger partial charge in [-0.1, -0.05) is 6.92 Å². The highest BCUT2D eigenvalue weighted by Gasteiger charge is 2.23. The predicted molar refractivity (Wildman–Crippen MR) is 66.2 cm³/mol. The van der Waals surface area contributed by atoms with Gasteiger partial charge in [0.2, 0.25) is 0 Å². The largest absolute Gasteiger partial charge is 0.305 e. The summed E-state index contributed by atoms with van der Waals surface area (Å²) in [5, 5.41) is 12.1. The molecule has 0 spiro atoms. The number of hydrogen-bond acceptors (Lipinski definition) is 4. The van der Waals surface area contributed by atoms with Crippen molar-refractivity contribution in [2.75, 3.05) is 40.3 Å². The number of hydrogen-bond donors (Lipinski definition) is 1. The SMILES string of the molecule is CCNC(C#N)CCN1CCC(N(C)C)C1. The molecule has 1 rings (SSSR count). The molecule has 1 fully saturated rings. The molecule has 16 heavy (non-hydrogen) atoms. The van der Waals surface area contributed by atoms with Crippen molar-refractivity contribution >= 4 is 0 Å². The van der Waals surface area contributed by atoms with E-state index in [-0.39, 0.29) is 6.04 Å². The van der Waals surface area contributed by atoms with E-state index in [1.807, 2.05) is 6.92 Å². The molecular formula is C12H24N4. The van der Waals surface area contributed by atoms with Gasteiger partial charge >= 0.3 is 0 Å². The van der Waals surface area contributed by atoms with Crippen molar-refractivity contribution in [1.82, 2.24) is 15.1 Å². The molecule has 1 aliphatic heterocycles. The van der Waals surface area contributed by atoms with Crippen LogP contribution in [0.15, 0.2) is 0 Å². The van der Waals surface area contributed by atoms with Gasteiger partial charge in [-0.05, 0) is 40.0 Å². The minimum absolute atomic E-state index is 0.0170. The van der Waals surface area contributed by atoms with Crippen LogP contribution < -0.4 is 5.32 Å². The van der Waals surface area contributed by atoms with E-state index in [1.165, 1.54) is 13.0 Å². The van der Waals surface area contributed by atoms with Crippen LogP contribution in [0.25, 0.3) is 0 Å². The molecule has 0 saturated carbocycles. The van der Waals surface area contributed by atoms with Crippen molar-refractivity contribution in [3.8, 4) is 6.07 Å². The summed E-state index contributed by atoms with van der Waals surface area (Å²) in [7, 11) is 4.29. The highest BCUT2D eigenvalue weighted by molar-refractivity contribution is 4.91. The monoisotopic (exact) mass is 224 g/mol. The second-order valence-corrected chi connectivity index (χ2v) is 4.73. The lowest BCUT2D eigenvalue weighted by Gasteiger charge is -2.21. The van der Waals surface area contributed by atoms with Crippen LogP contribution in [-0.2, 0) is 0 Å². The second kappa shape index (κ2) is 6.85. The Morgan fingerprint density at radius 1 is 1.56 bits per heavy atom. The Hall–Kier alpha value is -0.630. The number of nitriles is 1. The average Bonchev–Trinajstić information content (AvgIpc) is 2.73. The zero-order chi connectivity index (χ0) is 12.0. The van der Waals surface area contributed by atoms with E-state index >= 15 is 0 Å². The molecule has 2 unspecified atom stereocenters. The Bertz CT molecular complexity index is 234. The van der Waals surface area contributed by atoms with Gasteiger partial charge in [0.1, 0.15) is 0 Å². The lowest BCUT2D eigenvalue weighted by Crippen LogP contribution is -2.35. The van der Waals surface area contributed by atoms with E-state index in [0.717, 1.165) is 26.1 Å². The molecule has 0 aliphatic carbocycles. The maximum atomic E-state index is 8.93. The number of nitrogens with zero attached hydrogens (tertiary/aromatic N) is 3. The third-order valence-electron chi connectivity index (χ3n) is 3.32. The van der Waals surface area contributed by atoms with Crippen LogP contribution in [0.1, 0.15) is 19.8 Å². The van der Waals surface area contributed by atoms with Crippen molar-refractivity contribution < 1.29 is 0 Å². The van der Waals surface area contributed by atoms with Crippen LogP contribution in [0.3, 0.4) is 0 Å². The first-order chi connectivity index (χ1) is 7.67. The zero-order valence-electron chi connectivity index (χ0n) is 10.7. The summed E-state index contributed by atoms with van der Waals surface area (Å²) in [6, 6.07) is 3.02. The quantitative estimate of drug-likeness (QED) is 0.714. The van der Waals surface area contributed by atoms with Crippen LogP contribution in [0.4, 0.5) is 0 Å². The summed E-state index contributed by atoms with van der Waals surface area (Å²) in [6.07, 6.45) is 2.19. The maximum absolute atomic E-state index is 8.93. The fourth-order valence-electron chi connectivity index (χ4n) is 2.21. The Labute approximate surface area is 99.2 Å². The van der Waals surface area contributed by atoms with E-state index in [1.54, 1.807) is 0 Å². The first-order valence-electron chi connectivity index (χ1n) is 6.19. The van der Waals surface area contributed by atoms with Gasteiger partial charge in [0.25, 0.3) is 0 Å². The molecule has 4 heteroatoms. The zero-order valence-corrected chi connectivity index (χ0v) is 10.7. The van der Waals surface area contributed by atoms with Crippen LogP contribution >= 0.6 is 0 Å². The predicted octanol–water partition coefficient (Wildman–Crippen LogP) is 0.514. The number of likely N-dealkylation sites (N-methyl/N-ethyl adjacent to an activating group) is 1. The molecule has 1 aliphatic rings. The Balaban J connectivity index is 2.22. The highest BCUT2D eigenvalue weighted by Crippen LogP contribution is 2.13. The van der Waals surface area contributed by atoms with Gasteiger partial charge < -0.3 is 15.1 Å². The van der Waals surface area contributed by atoms with E-state index < -0.39 is 0 Å². The Morgan fingerprint density at radius 2 is 2.31 bits per heavy atom. The molecule has 0 aromatic rings. The molecule has 0 bridgehead atoms. The molecule has 1 heterocycles. The number of likely N-dealkylation sites (tertiary alicyclic amines) is 1. The van der Waals surface area contributed by atoms with E-state index in [4.69, 9.17) is 5.26 Å². The molecule has 4 nitrogen and oxygen atoms in total. The average molecular weight is 224 g/mol. The minimum Gasteiger partial charge on any atom is -0.305 e. The van der Waals surface area contributed by atoms with Crippen LogP contribution in [0.2, 0.25) is 0 Å². The third-order valence-corrected chi connectivity index (χ3v) is 3.32. The van der Waals surface area contributed by atoms with Crippen LogP contribution in [0, 0.1) is 11.3 Å². The molecular weight excluding hydrogens is 200 g/mol. The van der Waals surface area contributed by atoms with Gasteiger partial charge in [0.15, 0.2) is 0 Å². The summed E-state index contributed by atoms with van der Waals surface area (Å²) in [5.74, 6) is 0. The van der Waals surface area contributed by atoms with E-state index in [2.05, 4.69) is 35.3 Å². The molecule has 1 N–H and O–H groups in total. The first-order valence-corrected chi connectivity index (χ1v) is 6.19. The van der Waals surface area contributed by atoms with Crippen LogP contribution in [0.5, 0.6) is 0 Å². The molecule has 0 radical (unpaired) electrons. The first kappa shape index (κ1) is 13.4. The van der Waals surface area contributed by atoms with E-state index in [0.29, 0.717) is 6.04 Å². The Morgan fingerprint density at radius 3 is 2.81 bits per heavy atom. The van der Waals surface area contributed by atoms with Gasteiger partial charge in [-0.3, -0.25) is 0 Å². The molecule has 1 saturated heterocycles. The lowest BCUT2D eigenvalue weighted by atomic mass is 10.2. The van der Waals surface area contributed by atoms with Crippen molar-refractivity contribution in [1.29, 1.82) is 5.26 Å². The van der Waals surface area contributed by atoms with Gasteiger partial charge in [0.05, 0.1) is 12.1 Å². The molecule has 0 aromatic carbocycles. The number of nitrogens with one attached hydrogen (secondary N) is 1. The molecule has 0 amide bonds. The van der Waals surface area contributed by atoms with Gasteiger partial charge in [-0.2, -0.15) is 5.26 Å².